The summed E-state index contributed by atoms with van der Waals surface area (Å²) >= 11 is 6.05. The van der Waals surface area contributed by atoms with Gasteiger partial charge >= 0.3 is 0 Å². The molecule has 1 aliphatic rings. The molecule has 1 atom stereocenters. The predicted octanol–water partition coefficient (Wildman–Crippen LogP) is 2.65. The van der Waals surface area contributed by atoms with Gasteiger partial charge in [-0.05, 0) is 50.5 Å². The van der Waals surface area contributed by atoms with Crippen LogP contribution in [0, 0.1) is 5.92 Å². The van der Waals surface area contributed by atoms with Crippen LogP contribution >= 0.6 is 11.6 Å². The lowest BCUT2D eigenvalue weighted by Gasteiger charge is -2.33. The fraction of sp³-hybridized carbons (Fsp3) is 0.476. The number of piperidine rings is 1. The van der Waals surface area contributed by atoms with Gasteiger partial charge in [0.2, 0.25) is 5.91 Å². The molecular formula is C21H27ClN4O3. The maximum absolute atomic E-state index is 12.5. The van der Waals surface area contributed by atoms with E-state index in [4.69, 9.17) is 16.3 Å². The van der Waals surface area contributed by atoms with Crippen LogP contribution in [0.5, 0.6) is 0 Å². The maximum Gasteiger partial charge on any atom is 0.271 e. The van der Waals surface area contributed by atoms with Crippen LogP contribution in [0.3, 0.4) is 0 Å². The van der Waals surface area contributed by atoms with E-state index in [-0.39, 0.29) is 17.4 Å². The number of amides is 1. The highest BCUT2D eigenvalue weighted by Crippen LogP contribution is 2.22. The number of benzene rings is 1. The third kappa shape index (κ3) is 5.81. The second-order valence-electron chi connectivity index (χ2n) is 7.05. The highest BCUT2D eigenvalue weighted by atomic mass is 35.5. The maximum atomic E-state index is 12.5. The van der Waals surface area contributed by atoms with Gasteiger partial charge in [-0.25, -0.2) is 0 Å². The molecule has 1 aromatic heterocycles. The number of halogens is 1. The number of carbonyl (C=O) groups is 1. The first-order chi connectivity index (χ1) is 14.1. The van der Waals surface area contributed by atoms with Gasteiger partial charge < -0.3 is 15.0 Å². The third-order valence-electron chi connectivity index (χ3n) is 4.92. The van der Waals surface area contributed by atoms with Crippen molar-refractivity contribution < 1.29 is 9.53 Å². The molecule has 1 aliphatic heterocycles. The second-order valence-corrected chi connectivity index (χ2v) is 7.48. The number of carbonyl (C=O) groups excluding carboxylic acids is 1. The minimum Gasteiger partial charge on any atom is -0.382 e. The second kappa shape index (κ2) is 10.4. The quantitative estimate of drug-likeness (QED) is 0.667. The van der Waals surface area contributed by atoms with E-state index in [2.05, 4.69) is 15.3 Å². The number of ether oxygens (including phenoxy) is 1. The number of hydrogen-bond donors (Lipinski definition) is 1. The Labute approximate surface area is 175 Å². The van der Waals surface area contributed by atoms with Gasteiger partial charge in [-0.15, -0.1) is 5.10 Å². The summed E-state index contributed by atoms with van der Waals surface area (Å²) in [4.78, 5) is 26.9. The number of hydrogen-bond acceptors (Lipinski definition) is 5. The first-order valence-electron chi connectivity index (χ1n) is 10.0. The summed E-state index contributed by atoms with van der Waals surface area (Å²) in [6, 6.07) is 10.2. The molecule has 1 N–H and O–H groups in total. The standard InChI is InChI=1S/C21H27ClN4O3/c1-2-29-13-5-11-23-21(28)16-6-4-12-25(15-16)19-9-10-20(27)26(24-19)18-8-3-7-17(22)14-18/h3,7-10,14,16H,2,4-6,11-13,15H2,1H3,(H,23,28)/t16-/m0/s1. The van der Waals surface area contributed by atoms with E-state index >= 15 is 0 Å². The van der Waals surface area contributed by atoms with Crippen molar-refractivity contribution in [3.8, 4) is 5.69 Å². The van der Waals surface area contributed by atoms with Gasteiger partial charge in [0.1, 0.15) is 5.82 Å². The fourth-order valence-corrected chi connectivity index (χ4v) is 3.62. The Hall–Kier alpha value is -2.38. The van der Waals surface area contributed by atoms with Gasteiger partial charge in [0.15, 0.2) is 0 Å². The Morgan fingerprint density at radius 2 is 2.21 bits per heavy atom. The van der Waals surface area contributed by atoms with Gasteiger partial charge in [0.25, 0.3) is 5.56 Å². The smallest absolute Gasteiger partial charge is 0.271 e. The zero-order chi connectivity index (χ0) is 20.6. The first-order valence-corrected chi connectivity index (χ1v) is 10.4. The molecule has 8 heteroatoms. The largest absolute Gasteiger partial charge is 0.382 e. The zero-order valence-electron chi connectivity index (χ0n) is 16.6. The molecule has 1 saturated heterocycles. The van der Waals surface area contributed by atoms with E-state index in [0.29, 0.717) is 42.8 Å². The number of anilines is 1. The Kier molecular flexibility index (Phi) is 7.66. The summed E-state index contributed by atoms with van der Waals surface area (Å²) in [5, 5.41) is 8.06. The molecule has 0 spiro atoms. The van der Waals surface area contributed by atoms with Crippen LogP contribution < -0.4 is 15.8 Å². The Morgan fingerprint density at radius 3 is 3.00 bits per heavy atom. The number of rotatable bonds is 8. The lowest BCUT2D eigenvalue weighted by atomic mass is 9.97. The van der Waals surface area contributed by atoms with E-state index in [9.17, 15) is 9.59 Å². The molecule has 0 aliphatic carbocycles. The highest BCUT2D eigenvalue weighted by molar-refractivity contribution is 6.30. The van der Waals surface area contributed by atoms with Crippen LogP contribution in [0.1, 0.15) is 26.2 Å². The minimum atomic E-state index is -0.225. The minimum absolute atomic E-state index is 0.0642. The van der Waals surface area contributed by atoms with Crippen molar-refractivity contribution in [2.75, 3.05) is 37.7 Å². The van der Waals surface area contributed by atoms with Crippen LogP contribution in [0.25, 0.3) is 5.69 Å². The van der Waals surface area contributed by atoms with Gasteiger partial charge in [-0.1, -0.05) is 17.7 Å². The lowest BCUT2D eigenvalue weighted by molar-refractivity contribution is -0.125. The van der Waals surface area contributed by atoms with Gasteiger partial charge in [-0.3, -0.25) is 9.59 Å². The molecule has 1 amide bonds. The molecule has 0 unspecified atom stereocenters. The van der Waals surface area contributed by atoms with E-state index in [1.165, 1.54) is 10.7 Å². The van der Waals surface area contributed by atoms with Crippen LogP contribution in [0.4, 0.5) is 5.82 Å². The molecule has 29 heavy (non-hydrogen) atoms. The van der Waals surface area contributed by atoms with Crippen LogP contribution in [-0.4, -0.2) is 48.5 Å². The van der Waals surface area contributed by atoms with E-state index in [1.807, 2.05) is 6.92 Å². The zero-order valence-corrected chi connectivity index (χ0v) is 17.4. The van der Waals surface area contributed by atoms with Crippen molar-refractivity contribution in [2.24, 2.45) is 5.92 Å². The van der Waals surface area contributed by atoms with E-state index in [0.717, 1.165) is 25.8 Å². The number of aromatic nitrogens is 2. The average Bonchev–Trinajstić information content (AvgIpc) is 2.74. The Bertz CT molecular complexity index is 886. The summed E-state index contributed by atoms with van der Waals surface area (Å²) in [5.41, 5.74) is 0.390. The van der Waals surface area contributed by atoms with Crippen molar-refractivity contribution in [2.45, 2.75) is 26.2 Å². The van der Waals surface area contributed by atoms with Crippen molar-refractivity contribution in [1.82, 2.24) is 15.1 Å². The van der Waals surface area contributed by atoms with Gasteiger partial charge in [0, 0.05) is 43.9 Å². The molecule has 3 rings (SSSR count). The Morgan fingerprint density at radius 1 is 1.34 bits per heavy atom. The summed E-state index contributed by atoms with van der Waals surface area (Å²) in [7, 11) is 0. The first kappa shape index (κ1) is 21.3. The molecule has 2 heterocycles. The normalized spacial score (nSPS) is 16.6. The molecule has 1 fully saturated rings. The molecule has 0 saturated carbocycles. The molecular weight excluding hydrogens is 392 g/mol. The molecule has 1 aromatic carbocycles. The summed E-state index contributed by atoms with van der Waals surface area (Å²) in [5.74, 6) is 0.650. The van der Waals surface area contributed by atoms with Gasteiger partial charge in [0.05, 0.1) is 11.6 Å². The molecule has 156 valence electrons. The van der Waals surface area contributed by atoms with E-state index in [1.54, 1.807) is 30.3 Å². The topological polar surface area (TPSA) is 76.5 Å². The number of nitrogens with zero attached hydrogens (tertiary/aromatic N) is 3. The molecule has 0 radical (unpaired) electrons. The molecule has 2 aromatic rings. The van der Waals surface area contributed by atoms with Gasteiger partial charge in [-0.2, -0.15) is 4.68 Å². The molecule has 0 bridgehead atoms. The monoisotopic (exact) mass is 418 g/mol. The van der Waals surface area contributed by atoms with Crippen LogP contribution in [-0.2, 0) is 9.53 Å². The van der Waals surface area contributed by atoms with Crippen molar-refractivity contribution >= 4 is 23.3 Å². The van der Waals surface area contributed by atoms with Crippen molar-refractivity contribution in [3.05, 3.63) is 51.8 Å². The van der Waals surface area contributed by atoms with Crippen molar-refractivity contribution in [1.29, 1.82) is 0 Å². The number of nitrogens with one attached hydrogen (secondary N) is 1. The third-order valence-corrected chi connectivity index (χ3v) is 5.16. The predicted molar refractivity (Wildman–Crippen MR) is 114 cm³/mol. The van der Waals surface area contributed by atoms with E-state index < -0.39 is 0 Å². The summed E-state index contributed by atoms with van der Waals surface area (Å²) < 4.78 is 6.64. The molecule has 7 nitrogen and oxygen atoms in total. The summed E-state index contributed by atoms with van der Waals surface area (Å²) in [6.45, 7) is 5.30. The SMILES string of the molecule is CCOCCCNC(=O)[C@H]1CCCN(c2ccc(=O)n(-c3cccc(Cl)c3)n2)C1. The Balaban J connectivity index is 1.67. The summed E-state index contributed by atoms with van der Waals surface area (Å²) in [6.07, 6.45) is 2.55. The lowest BCUT2D eigenvalue weighted by Crippen LogP contribution is -2.44. The average molecular weight is 419 g/mol. The van der Waals surface area contributed by atoms with Crippen LogP contribution in [0.15, 0.2) is 41.2 Å². The van der Waals surface area contributed by atoms with Crippen LogP contribution in [0.2, 0.25) is 5.02 Å². The van der Waals surface area contributed by atoms with Crippen molar-refractivity contribution in [3.63, 3.8) is 0 Å². The fourth-order valence-electron chi connectivity index (χ4n) is 3.44. The highest BCUT2D eigenvalue weighted by Gasteiger charge is 2.26.